The van der Waals surface area contributed by atoms with Crippen LogP contribution >= 0.6 is 11.6 Å². The van der Waals surface area contributed by atoms with E-state index in [9.17, 15) is 5.21 Å². The summed E-state index contributed by atoms with van der Waals surface area (Å²) in [6, 6.07) is 15.7. The van der Waals surface area contributed by atoms with Gasteiger partial charge in [0.15, 0.2) is 0 Å². The summed E-state index contributed by atoms with van der Waals surface area (Å²) in [4.78, 5) is 0.557. The first-order chi connectivity index (χ1) is 7.75. The summed E-state index contributed by atoms with van der Waals surface area (Å²) in [5.41, 5.74) is 1.02. The van der Waals surface area contributed by atoms with E-state index in [4.69, 9.17) is 11.6 Å². The Balaban J connectivity index is 2.32. The van der Waals surface area contributed by atoms with Crippen LogP contribution in [-0.2, 0) is 0 Å². The van der Waals surface area contributed by atoms with Crippen molar-refractivity contribution in [2.45, 2.75) is 0 Å². The van der Waals surface area contributed by atoms with Gasteiger partial charge in [0.2, 0.25) is 5.69 Å². The van der Waals surface area contributed by atoms with Crippen molar-refractivity contribution in [2.24, 2.45) is 5.11 Å². The predicted molar refractivity (Wildman–Crippen MR) is 63.3 cm³/mol. The van der Waals surface area contributed by atoms with Gasteiger partial charge in [-0.1, -0.05) is 40.7 Å². The van der Waals surface area contributed by atoms with Crippen LogP contribution in [0.1, 0.15) is 0 Å². The van der Waals surface area contributed by atoms with Crippen molar-refractivity contribution >= 4 is 23.0 Å². The highest BCUT2D eigenvalue weighted by molar-refractivity contribution is 6.30. The molecule has 16 heavy (non-hydrogen) atoms. The number of hydrogen-bond acceptors (Lipinski definition) is 2. The molecule has 0 aromatic heterocycles. The minimum atomic E-state index is 0.413. The number of azo groups is 1. The number of halogens is 1. The first-order valence-electron chi connectivity index (χ1n) is 4.75. The number of rotatable bonds is 2. The molecule has 0 radical (unpaired) electrons. The van der Waals surface area contributed by atoms with Crippen LogP contribution in [0.15, 0.2) is 59.7 Å². The third kappa shape index (κ3) is 2.58. The van der Waals surface area contributed by atoms with E-state index < -0.39 is 0 Å². The molecule has 0 saturated carbocycles. The lowest BCUT2D eigenvalue weighted by Gasteiger charge is -1.99. The average Bonchev–Trinajstić information content (AvgIpc) is 2.30. The van der Waals surface area contributed by atoms with Crippen LogP contribution in [0.5, 0.6) is 0 Å². The second-order valence-electron chi connectivity index (χ2n) is 3.19. The highest BCUT2D eigenvalue weighted by Crippen LogP contribution is 2.20. The van der Waals surface area contributed by atoms with Gasteiger partial charge in [-0.15, -0.1) is 0 Å². The summed E-state index contributed by atoms with van der Waals surface area (Å²) in [6.07, 6.45) is 0. The molecule has 4 heteroatoms. The highest BCUT2D eigenvalue weighted by atomic mass is 35.5. The summed E-state index contributed by atoms with van der Waals surface area (Å²) in [7, 11) is 0. The smallest absolute Gasteiger partial charge is 0.246 e. The van der Waals surface area contributed by atoms with E-state index in [0.29, 0.717) is 21.3 Å². The van der Waals surface area contributed by atoms with Gasteiger partial charge in [0.1, 0.15) is 5.69 Å². The van der Waals surface area contributed by atoms with Crippen LogP contribution in [0.25, 0.3) is 0 Å². The topological polar surface area (TPSA) is 38.4 Å². The lowest BCUT2D eigenvalue weighted by molar-refractivity contribution is -0.435. The van der Waals surface area contributed by atoms with E-state index in [-0.39, 0.29) is 0 Å². The largest absolute Gasteiger partial charge is 0.594 e. The SMILES string of the molecule is [O-][N+](=Nc1ccccc1)c1cccc(Cl)c1. The Morgan fingerprint density at radius 1 is 1.00 bits per heavy atom. The number of nitrogens with zero attached hydrogens (tertiary/aromatic N) is 2. The molecule has 2 rings (SSSR count). The van der Waals surface area contributed by atoms with E-state index in [1.165, 1.54) is 0 Å². The Hall–Kier alpha value is -1.87. The van der Waals surface area contributed by atoms with Gasteiger partial charge >= 0.3 is 0 Å². The summed E-state index contributed by atoms with van der Waals surface area (Å²) < 4.78 is 0. The van der Waals surface area contributed by atoms with Crippen molar-refractivity contribution in [3.8, 4) is 0 Å². The van der Waals surface area contributed by atoms with E-state index in [1.807, 2.05) is 18.2 Å². The normalized spacial score (nSPS) is 11.4. The Morgan fingerprint density at radius 3 is 2.44 bits per heavy atom. The average molecular weight is 233 g/mol. The van der Waals surface area contributed by atoms with Crippen molar-refractivity contribution in [1.29, 1.82) is 0 Å². The Morgan fingerprint density at radius 2 is 1.75 bits per heavy atom. The van der Waals surface area contributed by atoms with Crippen LogP contribution in [0.4, 0.5) is 11.4 Å². The van der Waals surface area contributed by atoms with Crippen LogP contribution in [0, 0.1) is 5.21 Å². The van der Waals surface area contributed by atoms with Gasteiger partial charge < -0.3 is 5.21 Å². The van der Waals surface area contributed by atoms with Crippen LogP contribution in [0.2, 0.25) is 5.02 Å². The molecule has 0 spiro atoms. The van der Waals surface area contributed by atoms with Gasteiger partial charge in [-0.3, -0.25) is 0 Å². The number of benzene rings is 2. The zero-order valence-electron chi connectivity index (χ0n) is 8.38. The molecule has 0 N–H and O–H groups in total. The molecule has 0 amide bonds. The van der Waals surface area contributed by atoms with Gasteiger partial charge in [-0.2, -0.15) is 0 Å². The summed E-state index contributed by atoms with van der Waals surface area (Å²) in [6.45, 7) is 0. The molecule has 2 aromatic rings. The van der Waals surface area contributed by atoms with Gasteiger partial charge in [-0.25, -0.2) is 0 Å². The Bertz CT molecular complexity index is 511. The zero-order valence-corrected chi connectivity index (χ0v) is 9.13. The quantitative estimate of drug-likeness (QED) is 0.433. The van der Waals surface area contributed by atoms with Crippen molar-refractivity contribution in [3.05, 3.63) is 64.8 Å². The molecule has 0 aliphatic carbocycles. The fraction of sp³-hybridized carbons (Fsp3) is 0. The van der Waals surface area contributed by atoms with E-state index in [2.05, 4.69) is 5.11 Å². The Kier molecular flexibility index (Phi) is 3.17. The minimum Gasteiger partial charge on any atom is -0.594 e. The fourth-order valence-corrected chi connectivity index (χ4v) is 1.44. The first kappa shape index (κ1) is 10.6. The maximum absolute atomic E-state index is 11.7. The van der Waals surface area contributed by atoms with Gasteiger partial charge in [0.05, 0.1) is 0 Å². The summed E-state index contributed by atoms with van der Waals surface area (Å²) in [5, 5.41) is 16.1. The van der Waals surface area contributed by atoms with Crippen LogP contribution in [-0.4, -0.2) is 4.86 Å². The van der Waals surface area contributed by atoms with E-state index >= 15 is 0 Å². The van der Waals surface area contributed by atoms with Crippen LogP contribution < -0.4 is 0 Å². The van der Waals surface area contributed by atoms with Gasteiger partial charge in [0.25, 0.3) is 0 Å². The molecule has 80 valence electrons. The molecule has 0 bridgehead atoms. The first-order valence-corrected chi connectivity index (χ1v) is 5.13. The lowest BCUT2D eigenvalue weighted by Crippen LogP contribution is -1.89. The maximum Gasteiger partial charge on any atom is 0.246 e. The molecule has 0 fully saturated rings. The molecule has 0 aliphatic rings. The van der Waals surface area contributed by atoms with Crippen molar-refractivity contribution in [3.63, 3.8) is 0 Å². The lowest BCUT2D eigenvalue weighted by atomic mass is 10.3. The van der Waals surface area contributed by atoms with E-state index in [1.54, 1.807) is 36.4 Å². The van der Waals surface area contributed by atoms with Gasteiger partial charge in [0, 0.05) is 22.3 Å². The molecular formula is C12H9ClN2O. The second-order valence-corrected chi connectivity index (χ2v) is 3.62. The molecule has 0 aliphatic heterocycles. The molecule has 0 saturated heterocycles. The van der Waals surface area contributed by atoms with Crippen molar-refractivity contribution in [2.75, 3.05) is 0 Å². The third-order valence-electron chi connectivity index (χ3n) is 1.99. The van der Waals surface area contributed by atoms with Gasteiger partial charge in [-0.05, 0) is 18.2 Å². The Labute approximate surface area is 98.2 Å². The minimum absolute atomic E-state index is 0.413. The summed E-state index contributed by atoms with van der Waals surface area (Å²) in [5.74, 6) is 0. The fourth-order valence-electron chi connectivity index (χ4n) is 1.25. The molecular weight excluding hydrogens is 224 g/mol. The molecule has 0 atom stereocenters. The van der Waals surface area contributed by atoms with E-state index in [0.717, 1.165) is 0 Å². The monoisotopic (exact) mass is 232 g/mol. The standard InChI is InChI=1S/C12H9ClN2O/c13-10-5-4-8-12(9-10)15(16)14-11-6-2-1-3-7-11/h1-9H. The van der Waals surface area contributed by atoms with Crippen LogP contribution in [0.3, 0.4) is 0 Å². The molecule has 2 aromatic carbocycles. The van der Waals surface area contributed by atoms with Crippen molar-refractivity contribution < 1.29 is 4.86 Å². The number of hydrogen-bond donors (Lipinski definition) is 0. The second kappa shape index (κ2) is 4.77. The summed E-state index contributed by atoms with van der Waals surface area (Å²) >= 11 is 5.78. The molecule has 3 nitrogen and oxygen atoms in total. The van der Waals surface area contributed by atoms with Crippen molar-refractivity contribution in [1.82, 2.24) is 0 Å². The molecule has 0 unspecified atom stereocenters. The third-order valence-corrected chi connectivity index (χ3v) is 2.23. The highest BCUT2D eigenvalue weighted by Gasteiger charge is 2.03. The molecule has 0 heterocycles. The predicted octanol–water partition coefficient (Wildman–Crippen LogP) is 4.27. The maximum atomic E-state index is 11.7. The zero-order chi connectivity index (χ0) is 11.4.